The summed E-state index contributed by atoms with van der Waals surface area (Å²) in [5.41, 5.74) is 1.07. The van der Waals surface area contributed by atoms with Crippen LogP contribution in [-0.4, -0.2) is 41.7 Å². The molecule has 126 valence electrons. The van der Waals surface area contributed by atoms with Gasteiger partial charge in [-0.25, -0.2) is 0 Å². The minimum Gasteiger partial charge on any atom is -0.491 e. The molecule has 23 heavy (non-hydrogen) atoms. The van der Waals surface area contributed by atoms with E-state index in [0.29, 0.717) is 18.6 Å². The molecule has 1 unspecified atom stereocenters. The third-order valence-corrected chi connectivity index (χ3v) is 5.15. The van der Waals surface area contributed by atoms with Gasteiger partial charge in [0.2, 0.25) is 5.91 Å². The molecule has 1 atom stereocenters. The van der Waals surface area contributed by atoms with Gasteiger partial charge in [-0.15, -0.1) is 0 Å². The molecule has 1 saturated carbocycles. The Bertz CT molecular complexity index is 525. The Labute approximate surface area is 138 Å². The molecule has 0 radical (unpaired) electrons. The molecule has 0 aromatic heterocycles. The summed E-state index contributed by atoms with van der Waals surface area (Å²) >= 11 is 0. The first-order chi connectivity index (χ1) is 11.3. The number of ether oxygens (including phenoxy) is 1. The number of aliphatic hydroxyl groups is 1. The molecule has 1 aliphatic heterocycles. The van der Waals surface area contributed by atoms with E-state index in [1.807, 2.05) is 24.3 Å². The van der Waals surface area contributed by atoms with Gasteiger partial charge >= 0.3 is 0 Å². The van der Waals surface area contributed by atoms with Gasteiger partial charge < -0.3 is 14.7 Å². The first-order valence-electron chi connectivity index (χ1n) is 8.91. The Morgan fingerprint density at radius 1 is 1.13 bits per heavy atom. The van der Waals surface area contributed by atoms with Crippen molar-refractivity contribution >= 4 is 5.91 Å². The largest absolute Gasteiger partial charge is 0.491 e. The number of nitrogens with zero attached hydrogens (tertiary/aromatic N) is 1. The van der Waals surface area contributed by atoms with Crippen LogP contribution in [0.2, 0.25) is 0 Å². The van der Waals surface area contributed by atoms with E-state index in [9.17, 15) is 4.79 Å². The van der Waals surface area contributed by atoms with Crippen LogP contribution in [0.25, 0.3) is 0 Å². The molecule has 2 fully saturated rings. The molecule has 1 amide bonds. The summed E-state index contributed by atoms with van der Waals surface area (Å²) in [6, 6.07) is 8.34. The average Bonchev–Trinajstić information content (AvgIpc) is 2.96. The van der Waals surface area contributed by atoms with Crippen molar-refractivity contribution in [1.82, 2.24) is 4.90 Å². The number of hydrogen-bond acceptors (Lipinski definition) is 3. The van der Waals surface area contributed by atoms with E-state index in [2.05, 4.69) is 4.90 Å². The van der Waals surface area contributed by atoms with Gasteiger partial charge in [0, 0.05) is 18.5 Å². The Hall–Kier alpha value is -1.55. The minimum absolute atomic E-state index is 0.00610. The standard InChI is InChI=1S/C19H27NO3/c21-12-13-23-18-9-5-4-6-15(18)14-16-10-11-20(19(16)22)17-7-2-1-3-8-17/h4-6,9,16-17,21H,1-3,7-8,10-14H2. The van der Waals surface area contributed by atoms with Crippen molar-refractivity contribution in [3.05, 3.63) is 29.8 Å². The van der Waals surface area contributed by atoms with Crippen molar-refractivity contribution in [2.75, 3.05) is 19.8 Å². The SMILES string of the molecule is O=C1C(Cc2ccccc2OCCO)CCN1C1CCCCC1. The van der Waals surface area contributed by atoms with E-state index in [-0.39, 0.29) is 12.5 Å². The topological polar surface area (TPSA) is 49.8 Å². The molecule has 0 bridgehead atoms. The molecule has 1 aromatic carbocycles. The van der Waals surface area contributed by atoms with Crippen molar-refractivity contribution in [3.63, 3.8) is 0 Å². The van der Waals surface area contributed by atoms with Crippen LogP contribution in [0.1, 0.15) is 44.1 Å². The monoisotopic (exact) mass is 317 g/mol. The normalized spacial score (nSPS) is 22.6. The summed E-state index contributed by atoms with van der Waals surface area (Å²) in [5, 5.41) is 8.94. The summed E-state index contributed by atoms with van der Waals surface area (Å²) in [4.78, 5) is 14.9. The van der Waals surface area contributed by atoms with Crippen molar-refractivity contribution in [1.29, 1.82) is 0 Å². The number of carbonyl (C=O) groups excluding carboxylic acids is 1. The molecular weight excluding hydrogens is 290 g/mol. The maximum absolute atomic E-state index is 12.8. The average molecular weight is 317 g/mol. The maximum atomic E-state index is 12.8. The number of benzene rings is 1. The molecule has 3 rings (SSSR count). The molecular formula is C19H27NO3. The first-order valence-corrected chi connectivity index (χ1v) is 8.91. The molecule has 4 nitrogen and oxygen atoms in total. The van der Waals surface area contributed by atoms with E-state index in [1.165, 1.54) is 32.1 Å². The van der Waals surface area contributed by atoms with Crippen LogP contribution >= 0.6 is 0 Å². The van der Waals surface area contributed by atoms with Gasteiger partial charge in [0.05, 0.1) is 6.61 Å². The van der Waals surface area contributed by atoms with Gasteiger partial charge in [-0.05, 0) is 37.3 Å². The number of rotatable bonds is 6. The van der Waals surface area contributed by atoms with Crippen molar-refractivity contribution in [3.8, 4) is 5.75 Å². The van der Waals surface area contributed by atoms with Crippen LogP contribution < -0.4 is 4.74 Å². The van der Waals surface area contributed by atoms with Crippen LogP contribution in [0.3, 0.4) is 0 Å². The lowest BCUT2D eigenvalue weighted by molar-refractivity contribution is -0.133. The lowest BCUT2D eigenvalue weighted by atomic mass is 9.94. The number of likely N-dealkylation sites (tertiary alicyclic amines) is 1. The van der Waals surface area contributed by atoms with Crippen LogP contribution in [0.5, 0.6) is 5.75 Å². The predicted octanol–water partition coefficient (Wildman–Crippen LogP) is 2.78. The third kappa shape index (κ3) is 3.86. The Morgan fingerprint density at radius 2 is 1.91 bits per heavy atom. The zero-order chi connectivity index (χ0) is 16.1. The van der Waals surface area contributed by atoms with Crippen LogP contribution in [-0.2, 0) is 11.2 Å². The van der Waals surface area contributed by atoms with Crippen molar-refractivity contribution < 1.29 is 14.6 Å². The molecule has 2 aliphatic rings. The van der Waals surface area contributed by atoms with Gasteiger partial charge in [0.15, 0.2) is 0 Å². The fraction of sp³-hybridized carbons (Fsp3) is 0.632. The fourth-order valence-corrected chi connectivity index (χ4v) is 3.94. The van der Waals surface area contributed by atoms with E-state index in [1.54, 1.807) is 0 Å². The molecule has 1 N–H and O–H groups in total. The predicted molar refractivity (Wildman–Crippen MR) is 89.4 cm³/mol. The highest BCUT2D eigenvalue weighted by atomic mass is 16.5. The van der Waals surface area contributed by atoms with Crippen molar-refractivity contribution in [2.45, 2.75) is 51.0 Å². The Kier molecular flexibility index (Phi) is 5.55. The van der Waals surface area contributed by atoms with Gasteiger partial charge in [-0.3, -0.25) is 4.79 Å². The number of aliphatic hydroxyl groups excluding tert-OH is 1. The fourth-order valence-electron chi connectivity index (χ4n) is 3.94. The number of para-hydroxylation sites is 1. The number of carbonyl (C=O) groups is 1. The Morgan fingerprint density at radius 3 is 2.70 bits per heavy atom. The van der Waals surface area contributed by atoms with Crippen molar-refractivity contribution in [2.24, 2.45) is 5.92 Å². The lowest BCUT2D eigenvalue weighted by Gasteiger charge is -2.31. The molecule has 1 heterocycles. The Balaban J connectivity index is 1.63. The highest BCUT2D eigenvalue weighted by Gasteiger charge is 2.36. The number of hydrogen-bond donors (Lipinski definition) is 1. The summed E-state index contributed by atoms with van der Waals surface area (Å²) in [7, 11) is 0. The van der Waals surface area contributed by atoms with E-state index in [4.69, 9.17) is 9.84 Å². The third-order valence-electron chi connectivity index (χ3n) is 5.15. The van der Waals surface area contributed by atoms with Gasteiger partial charge in [0.1, 0.15) is 12.4 Å². The first kappa shape index (κ1) is 16.3. The second-order valence-electron chi connectivity index (χ2n) is 6.69. The van der Waals surface area contributed by atoms with Crippen LogP contribution in [0, 0.1) is 5.92 Å². The lowest BCUT2D eigenvalue weighted by Crippen LogP contribution is -2.39. The van der Waals surface area contributed by atoms with Gasteiger partial charge in [-0.2, -0.15) is 0 Å². The van der Waals surface area contributed by atoms with E-state index in [0.717, 1.165) is 30.7 Å². The molecule has 1 aliphatic carbocycles. The quantitative estimate of drug-likeness (QED) is 0.878. The van der Waals surface area contributed by atoms with Crippen LogP contribution in [0.15, 0.2) is 24.3 Å². The zero-order valence-electron chi connectivity index (χ0n) is 13.7. The van der Waals surface area contributed by atoms with E-state index < -0.39 is 0 Å². The van der Waals surface area contributed by atoms with Crippen LogP contribution in [0.4, 0.5) is 0 Å². The highest BCUT2D eigenvalue weighted by molar-refractivity contribution is 5.81. The highest BCUT2D eigenvalue weighted by Crippen LogP contribution is 2.32. The summed E-state index contributed by atoms with van der Waals surface area (Å²) in [6.45, 7) is 1.21. The molecule has 0 spiro atoms. The second-order valence-corrected chi connectivity index (χ2v) is 6.69. The van der Waals surface area contributed by atoms with Gasteiger partial charge in [-0.1, -0.05) is 37.5 Å². The summed E-state index contributed by atoms with van der Waals surface area (Å²) in [5.74, 6) is 1.20. The van der Waals surface area contributed by atoms with Gasteiger partial charge in [0.25, 0.3) is 0 Å². The van der Waals surface area contributed by atoms with E-state index >= 15 is 0 Å². The maximum Gasteiger partial charge on any atom is 0.226 e. The zero-order valence-corrected chi connectivity index (χ0v) is 13.7. The molecule has 1 aromatic rings. The molecule has 1 saturated heterocycles. The summed E-state index contributed by atoms with van der Waals surface area (Å²) < 4.78 is 5.60. The molecule has 4 heteroatoms. The number of amides is 1. The second kappa shape index (κ2) is 7.82. The minimum atomic E-state index is 0.00610. The summed E-state index contributed by atoms with van der Waals surface area (Å²) in [6.07, 6.45) is 7.88. The smallest absolute Gasteiger partial charge is 0.226 e.